The Kier molecular flexibility index (Phi) is 3.35. The predicted octanol–water partition coefficient (Wildman–Crippen LogP) is 2.70. The molecule has 3 heteroatoms. The van der Waals surface area contributed by atoms with Crippen molar-refractivity contribution in [2.24, 2.45) is 0 Å². The number of aliphatic hydroxyl groups excluding tert-OH is 1. The van der Waals surface area contributed by atoms with Crippen LogP contribution in [0.25, 0.3) is 0 Å². The molecular formula is C15H15NOS. The molecular weight excluding hydrogens is 242 g/mol. The molecule has 1 N–H and O–H groups in total. The number of thioether (sulfide) groups is 1. The first-order valence-electron chi connectivity index (χ1n) is 6.15. The Labute approximate surface area is 111 Å². The average molecular weight is 257 g/mol. The van der Waals surface area contributed by atoms with Crippen molar-refractivity contribution in [2.45, 2.75) is 29.1 Å². The van der Waals surface area contributed by atoms with Gasteiger partial charge in [-0.25, -0.2) is 0 Å². The largest absolute Gasteiger partial charge is 0.392 e. The first kappa shape index (κ1) is 11.8. The number of benzene rings is 1. The van der Waals surface area contributed by atoms with E-state index in [1.807, 2.05) is 18.2 Å². The van der Waals surface area contributed by atoms with Crippen LogP contribution in [0.3, 0.4) is 0 Å². The molecule has 0 spiro atoms. The van der Waals surface area contributed by atoms with Crippen molar-refractivity contribution in [3.8, 4) is 0 Å². The third-order valence-corrected chi connectivity index (χ3v) is 4.68. The first-order valence-corrected chi connectivity index (χ1v) is 7.03. The van der Waals surface area contributed by atoms with E-state index in [0.29, 0.717) is 6.42 Å². The summed E-state index contributed by atoms with van der Waals surface area (Å²) in [5, 5.41) is 10.6. The second kappa shape index (κ2) is 5.12. The highest BCUT2D eigenvalue weighted by Gasteiger charge is 2.28. The van der Waals surface area contributed by atoms with Gasteiger partial charge in [0.1, 0.15) is 0 Å². The maximum Gasteiger partial charge on any atom is 0.0720 e. The lowest BCUT2D eigenvalue weighted by molar-refractivity contribution is 0.171. The minimum Gasteiger partial charge on any atom is -0.392 e. The van der Waals surface area contributed by atoms with Gasteiger partial charge in [-0.05, 0) is 30.2 Å². The van der Waals surface area contributed by atoms with E-state index >= 15 is 0 Å². The molecule has 0 amide bonds. The topological polar surface area (TPSA) is 33.1 Å². The van der Waals surface area contributed by atoms with Gasteiger partial charge < -0.3 is 5.11 Å². The van der Waals surface area contributed by atoms with Crippen LogP contribution in [-0.4, -0.2) is 21.4 Å². The summed E-state index contributed by atoms with van der Waals surface area (Å²) in [6.07, 6.45) is 3.03. The van der Waals surface area contributed by atoms with Crippen molar-refractivity contribution in [2.75, 3.05) is 0 Å². The molecule has 2 unspecified atom stereocenters. The van der Waals surface area contributed by atoms with Crippen LogP contribution in [0.1, 0.15) is 11.3 Å². The maximum absolute atomic E-state index is 10.3. The highest BCUT2D eigenvalue weighted by Crippen LogP contribution is 2.38. The SMILES string of the molecule is OC(Cc1ccccn1)C1Cc2ccccc2S1. The maximum atomic E-state index is 10.3. The van der Waals surface area contributed by atoms with E-state index in [9.17, 15) is 5.11 Å². The molecule has 1 aromatic heterocycles. The van der Waals surface area contributed by atoms with Crippen molar-refractivity contribution in [1.29, 1.82) is 0 Å². The number of nitrogens with zero attached hydrogens (tertiary/aromatic N) is 1. The minimum absolute atomic E-state index is 0.254. The van der Waals surface area contributed by atoms with E-state index in [1.165, 1.54) is 10.5 Å². The van der Waals surface area contributed by atoms with Gasteiger partial charge in [-0.15, -0.1) is 11.8 Å². The fourth-order valence-corrected chi connectivity index (χ4v) is 3.59. The van der Waals surface area contributed by atoms with Gasteiger partial charge in [0, 0.05) is 28.5 Å². The van der Waals surface area contributed by atoms with Crippen molar-refractivity contribution >= 4 is 11.8 Å². The average Bonchev–Trinajstić information content (AvgIpc) is 2.84. The lowest BCUT2D eigenvalue weighted by Crippen LogP contribution is -2.25. The summed E-state index contributed by atoms with van der Waals surface area (Å²) in [5.41, 5.74) is 2.31. The molecule has 2 atom stereocenters. The van der Waals surface area contributed by atoms with E-state index in [2.05, 4.69) is 29.2 Å². The Hall–Kier alpha value is -1.32. The van der Waals surface area contributed by atoms with Gasteiger partial charge in [-0.1, -0.05) is 24.3 Å². The van der Waals surface area contributed by atoms with Gasteiger partial charge in [0.2, 0.25) is 0 Å². The molecule has 0 fully saturated rings. The van der Waals surface area contributed by atoms with Gasteiger partial charge in [0.25, 0.3) is 0 Å². The molecule has 0 saturated carbocycles. The van der Waals surface area contributed by atoms with Gasteiger partial charge >= 0.3 is 0 Å². The molecule has 2 aromatic rings. The summed E-state index contributed by atoms with van der Waals surface area (Å²) in [6, 6.07) is 14.2. The number of hydrogen-bond acceptors (Lipinski definition) is 3. The lowest BCUT2D eigenvalue weighted by Gasteiger charge is -2.16. The van der Waals surface area contributed by atoms with Gasteiger partial charge in [-0.2, -0.15) is 0 Å². The van der Waals surface area contributed by atoms with Crippen molar-refractivity contribution in [1.82, 2.24) is 4.98 Å². The Balaban J connectivity index is 1.67. The van der Waals surface area contributed by atoms with E-state index in [4.69, 9.17) is 0 Å². The smallest absolute Gasteiger partial charge is 0.0720 e. The summed E-state index contributed by atoms with van der Waals surface area (Å²) in [6.45, 7) is 0. The predicted molar refractivity (Wildman–Crippen MR) is 73.7 cm³/mol. The molecule has 0 saturated heterocycles. The summed E-state index contributed by atoms with van der Waals surface area (Å²) in [7, 11) is 0. The zero-order chi connectivity index (χ0) is 12.4. The molecule has 3 rings (SSSR count). The quantitative estimate of drug-likeness (QED) is 0.917. The molecule has 18 heavy (non-hydrogen) atoms. The summed E-state index contributed by atoms with van der Waals surface area (Å²) in [5.74, 6) is 0. The van der Waals surface area contributed by atoms with Crippen LogP contribution in [0.15, 0.2) is 53.6 Å². The zero-order valence-corrected chi connectivity index (χ0v) is 10.8. The Morgan fingerprint density at radius 1 is 1.22 bits per heavy atom. The van der Waals surface area contributed by atoms with Crippen molar-refractivity contribution in [3.63, 3.8) is 0 Å². The summed E-state index contributed by atoms with van der Waals surface area (Å²) >= 11 is 1.79. The van der Waals surface area contributed by atoms with E-state index in [1.54, 1.807) is 18.0 Å². The Morgan fingerprint density at radius 2 is 2.06 bits per heavy atom. The fourth-order valence-electron chi connectivity index (χ4n) is 2.29. The van der Waals surface area contributed by atoms with E-state index in [0.717, 1.165) is 12.1 Å². The van der Waals surface area contributed by atoms with E-state index < -0.39 is 0 Å². The molecule has 0 radical (unpaired) electrons. The lowest BCUT2D eigenvalue weighted by atomic mass is 10.0. The standard InChI is InChI=1S/C15H15NOS/c17-13(10-12-6-3-4-8-16-12)15-9-11-5-1-2-7-14(11)18-15/h1-8,13,15,17H,9-10H2. The van der Waals surface area contributed by atoms with Gasteiger partial charge in [0.05, 0.1) is 6.10 Å². The molecule has 2 heterocycles. The fraction of sp³-hybridized carbons (Fsp3) is 0.267. The second-order valence-electron chi connectivity index (χ2n) is 4.56. The molecule has 1 aliphatic rings. The van der Waals surface area contributed by atoms with Crippen LogP contribution < -0.4 is 0 Å². The number of pyridine rings is 1. The van der Waals surface area contributed by atoms with Gasteiger partial charge in [-0.3, -0.25) is 4.98 Å². The minimum atomic E-state index is -0.336. The van der Waals surface area contributed by atoms with Crippen LogP contribution in [0, 0.1) is 0 Å². The summed E-state index contributed by atoms with van der Waals surface area (Å²) < 4.78 is 0. The third kappa shape index (κ3) is 2.42. The molecule has 1 aromatic carbocycles. The molecule has 0 aliphatic carbocycles. The second-order valence-corrected chi connectivity index (χ2v) is 5.84. The van der Waals surface area contributed by atoms with Crippen LogP contribution >= 0.6 is 11.8 Å². The Morgan fingerprint density at radius 3 is 2.83 bits per heavy atom. The van der Waals surface area contributed by atoms with Crippen LogP contribution in [0.4, 0.5) is 0 Å². The number of rotatable bonds is 3. The van der Waals surface area contributed by atoms with Crippen LogP contribution in [0.5, 0.6) is 0 Å². The molecule has 0 bridgehead atoms. The molecule has 92 valence electrons. The van der Waals surface area contributed by atoms with Crippen LogP contribution in [-0.2, 0) is 12.8 Å². The van der Waals surface area contributed by atoms with E-state index in [-0.39, 0.29) is 11.4 Å². The third-order valence-electron chi connectivity index (χ3n) is 3.25. The van der Waals surface area contributed by atoms with Gasteiger partial charge in [0.15, 0.2) is 0 Å². The molecule has 1 aliphatic heterocycles. The van der Waals surface area contributed by atoms with Crippen molar-refractivity contribution in [3.05, 3.63) is 59.9 Å². The summed E-state index contributed by atoms with van der Waals surface area (Å²) in [4.78, 5) is 5.58. The normalized spacial score (nSPS) is 19.5. The highest BCUT2D eigenvalue weighted by atomic mass is 32.2. The monoisotopic (exact) mass is 257 g/mol. The Bertz CT molecular complexity index is 504. The van der Waals surface area contributed by atoms with Crippen LogP contribution in [0.2, 0.25) is 0 Å². The number of hydrogen-bond donors (Lipinski definition) is 1. The highest BCUT2D eigenvalue weighted by molar-refractivity contribution is 8.00. The number of fused-ring (bicyclic) bond motifs is 1. The number of aromatic nitrogens is 1. The number of aliphatic hydroxyl groups is 1. The zero-order valence-electron chi connectivity index (χ0n) is 9.99. The molecule has 2 nitrogen and oxygen atoms in total. The van der Waals surface area contributed by atoms with Crippen molar-refractivity contribution < 1.29 is 5.11 Å². The first-order chi connectivity index (χ1) is 8.83.